The average molecular weight is 466 g/mol. The quantitative estimate of drug-likeness (QED) is 0.251. The number of pyridine rings is 1. The van der Waals surface area contributed by atoms with Gasteiger partial charge >= 0.3 is 0 Å². The van der Waals surface area contributed by atoms with Gasteiger partial charge in [-0.15, -0.1) is 0 Å². The molecule has 3 heterocycles. The summed E-state index contributed by atoms with van der Waals surface area (Å²) in [5.41, 5.74) is 12.1. The van der Waals surface area contributed by atoms with Crippen LogP contribution in [0, 0.1) is 0 Å². The normalized spacial score (nSPS) is 12.4. The summed E-state index contributed by atoms with van der Waals surface area (Å²) in [4.78, 5) is 14.5. The fraction of sp³-hybridized carbons (Fsp3) is 0.276. The number of nitrogens with two attached hydrogens (primary N) is 1. The van der Waals surface area contributed by atoms with Crippen LogP contribution < -0.4 is 5.73 Å². The summed E-state index contributed by atoms with van der Waals surface area (Å²) in [5.74, 6) is 1.84. The van der Waals surface area contributed by atoms with E-state index in [1.54, 1.807) is 13.3 Å². The van der Waals surface area contributed by atoms with Crippen molar-refractivity contribution >= 4 is 22.2 Å². The van der Waals surface area contributed by atoms with Gasteiger partial charge in [-0.25, -0.2) is 15.0 Å². The van der Waals surface area contributed by atoms with Crippen LogP contribution in [0.1, 0.15) is 44.3 Å². The molecule has 0 aliphatic heterocycles. The number of hydrogen-bond donors (Lipinski definition) is 1. The Bertz CT molecular complexity index is 1440. The zero-order chi connectivity index (χ0) is 24.2. The number of hydrogen-bond acceptors (Lipinski definition) is 5. The molecule has 0 spiro atoms. The summed E-state index contributed by atoms with van der Waals surface area (Å²) in [6.45, 7) is 2.97. The molecule has 5 rings (SSSR count). The van der Waals surface area contributed by atoms with Crippen LogP contribution in [0.5, 0.6) is 0 Å². The summed E-state index contributed by atoms with van der Waals surface area (Å²) in [5, 5.41) is 1.09. The summed E-state index contributed by atoms with van der Waals surface area (Å²) >= 11 is 0. The minimum absolute atomic E-state index is 0.321. The van der Waals surface area contributed by atoms with E-state index in [-0.39, 0.29) is 0 Å². The molecule has 0 saturated heterocycles. The molecular weight excluding hydrogens is 434 g/mol. The van der Waals surface area contributed by atoms with Crippen LogP contribution in [0.15, 0.2) is 73.1 Å². The maximum Gasteiger partial charge on any atom is 0.150 e. The monoisotopic (exact) mass is 465 g/mol. The zero-order valence-electron chi connectivity index (χ0n) is 20.3. The van der Waals surface area contributed by atoms with Gasteiger partial charge in [0, 0.05) is 48.5 Å². The van der Waals surface area contributed by atoms with Crippen LogP contribution in [0.3, 0.4) is 0 Å². The predicted molar refractivity (Wildman–Crippen MR) is 142 cm³/mol. The fourth-order valence-electron chi connectivity index (χ4n) is 4.84. The highest BCUT2D eigenvalue weighted by Crippen LogP contribution is 2.35. The van der Waals surface area contributed by atoms with E-state index in [9.17, 15) is 0 Å². The van der Waals surface area contributed by atoms with Crippen LogP contribution in [0.2, 0.25) is 0 Å². The molecule has 178 valence electrons. The maximum atomic E-state index is 6.41. The summed E-state index contributed by atoms with van der Waals surface area (Å²) in [6, 6.07) is 20.7. The molecule has 6 nitrogen and oxygen atoms in total. The molecule has 0 radical (unpaired) electrons. The van der Waals surface area contributed by atoms with E-state index in [0.717, 1.165) is 77.0 Å². The third-order valence-corrected chi connectivity index (χ3v) is 6.55. The molecule has 6 heteroatoms. The molecule has 1 unspecified atom stereocenters. The Morgan fingerprint density at radius 1 is 0.971 bits per heavy atom. The molecule has 2 aromatic carbocycles. The van der Waals surface area contributed by atoms with Crippen molar-refractivity contribution in [2.45, 2.75) is 38.5 Å². The van der Waals surface area contributed by atoms with Crippen molar-refractivity contribution in [1.82, 2.24) is 19.4 Å². The lowest BCUT2D eigenvalue weighted by molar-refractivity contribution is 0.189. The van der Waals surface area contributed by atoms with Crippen LogP contribution in [0.4, 0.5) is 5.82 Å². The largest absolute Gasteiger partial charge is 0.385 e. The lowest BCUT2D eigenvalue weighted by atomic mass is 9.97. The number of aromatic nitrogens is 4. The van der Waals surface area contributed by atoms with Crippen molar-refractivity contribution in [2.75, 3.05) is 19.5 Å². The molecule has 5 aromatic rings. The van der Waals surface area contributed by atoms with Crippen LogP contribution in [-0.2, 0) is 4.74 Å². The van der Waals surface area contributed by atoms with Crippen molar-refractivity contribution in [3.8, 4) is 22.5 Å². The highest BCUT2D eigenvalue weighted by atomic mass is 16.5. The van der Waals surface area contributed by atoms with Crippen molar-refractivity contribution in [3.05, 3.63) is 78.9 Å². The highest BCUT2D eigenvalue weighted by Gasteiger charge is 2.22. The standard InChI is InChI=1S/C29H31N5O/c1-3-8-22(11-7-18-35-2)29-33-26(27-28(30)31-16-17-34(27)29)23-13-12-21-14-15-24(32-25(21)19-23)20-9-5-4-6-10-20/h4-6,9-10,12-17,19,22H,3,7-8,11,18H2,1-2H3,(H2,30,31). The van der Waals surface area contributed by atoms with E-state index >= 15 is 0 Å². The molecule has 0 aliphatic rings. The first-order chi connectivity index (χ1) is 17.2. The van der Waals surface area contributed by atoms with Crippen LogP contribution in [0.25, 0.3) is 38.9 Å². The van der Waals surface area contributed by atoms with Crippen molar-refractivity contribution in [2.24, 2.45) is 0 Å². The Morgan fingerprint density at radius 2 is 1.80 bits per heavy atom. The van der Waals surface area contributed by atoms with Gasteiger partial charge in [0.1, 0.15) is 22.9 Å². The number of rotatable bonds is 9. The Labute approximate surface area is 205 Å². The zero-order valence-corrected chi connectivity index (χ0v) is 20.3. The van der Waals surface area contributed by atoms with Gasteiger partial charge in [-0.2, -0.15) is 0 Å². The van der Waals surface area contributed by atoms with Gasteiger partial charge in [0.05, 0.1) is 11.2 Å². The first kappa shape index (κ1) is 23.0. The van der Waals surface area contributed by atoms with E-state index in [4.69, 9.17) is 20.4 Å². The van der Waals surface area contributed by atoms with Crippen molar-refractivity contribution < 1.29 is 4.74 Å². The van der Waals surface area contributed by atoms with E-state index in [1.807, 2.05) is 24.4 Å². The number of nitrogens with zero attached hydrogens (tertiary/aromatic N) is 4. The summed E-state index contributed by atoms with van der Waals surface area (Å²) < 4.78 is 7.43. The van der Waals surface area contributed by atoms with Gasteiger partial charge in [-0.1, -0.05) is 61.9 Å². The van der Waals surface area contributed by atoms with Crippen LogP contribution >= 0.6 is 0 Å². The lowest BCUT2D eigenvalue weighted by Crippen LogP contribution is -2.07. The summed E-state index contributed by atoms with van der Waals surface area (Å²) in [6.07, 6.45) is 7.89. The Balaban J connectivity index is 1.62. The van der Waals surface area contributed by atoms with Gasteiger partial charge in [0.2, 0.25) is 0 Å². The number of methoxy groups -OCH3 is 1. The number of fused-ring (bicyclic) bond motifs is 2. The second-order valence-electron chi connectivity index (χ2n) is 8.94. The van der Waals surface area contributed by atoms with Crippen LogP contribution in [-0.4, -0.2) is 33.1 Å². The molecular formula is C29H31N5O. The summed E-state index contributed by atoms with van der Waals surface area (Å²) in [7, 11) is 1.75. The van der Waals surface area contributed by atoms with E-state index < -0.39 is 0 Å². The molecule has 1 atom stereocenters. The van der Waals surface area contributed by atoms with Crippen molar-refractivity contribution in [3.63, 3.8) is 0 Å². The smallest absolute Gasteiger partial charge is 0.150 e. The van der Waals surface area contributed by atoms with Gasteiger partial charge in [-0.05, 0) is 31.4 Å². The number of benzene rings is 2. The molecule has 0 amide bonds. The Hall–Kier alpha value is -3.77. The molecule has 0 fully saturated rings. The molecule has 0 saturated carbocycles. The SMILES string of the molecule is CCCC(CCCOC)c1nc(-c2ccc3ccc(-c4ccccc4)nc3c2)c2c(N)nccn12. The molecule has 0 aliphatic carbocycles. The third-order valence-electron chi connectivity index (χ3n) is 6.55. The highest BCUT2D eigenvalue weighted by molar-refractivity contribution is 5.91. The molecule has 35 heavy (non-hydrogen) atoms. The maximum absolute atomic E-state index is 6.41. The van der Waals surface area contributed by atoms with Gasteiger partial charge in [0.25, 0.3) is 0 Å². The Kier molecular flexibility index (Phi) is 6.73. The van der Waals surface area contributed by atoms with Crippen molar-refractivity contribution in [1.29, 1.82) is 0 Å². The first-order valence-corrected chi connectivity index (χ1v) is 12.3. The molecule has 2 N–H and O–H groups in total. The van der Waals surface area contributed by atoms with E-state index in [2.05, 4.69) is 58.8 Å². The van der Waals surface area contributed by atoms with Gasteiger partial charge in [0.15, 0.2) is 0 Å². The van der Waals surface area contributed by atoms with Gasteiger partial charge < -0.3 is 10.5 Å². The number of ether oxygens (including phenoxy) is 1. The third kappa shape index (κ3) is 4.62. The fourth-order valence-corrected chi connectivity index (χ4v) is 4.84. The second-order valence-corrected chi connectivity index (χ2v) is 8.94. The number of nitrogen functional groups attached to an aromatic ring is 1. The van der Waals surface area contributed by atoms with Gasteiger partial charge in [-0.3, -0.25) is 4.40 Å². The molecule has 3 aromatic heterocycles. The number of anilines is 1. The van der Waals surface area contributed by atoms with E-state index in [1.165, 1.54) is 0 Å². The average Bonchev–Trinajstić information content (AvgIpc) is 3.29. The second kappa shape index (κ2) is 10.2. The number of imidazole rings is 1. The Morgan fingerprint density at radius 3 is 2.60 bits per heavy atom. The lowest BCUT2D eigenvalue weighted by Gasteiger charge is -2.15. The molecule has 0 bridgehead atoms. The topological polar surface area (TPSA) is 78.3 Å². The minimum atomic E-state index is 0.321. The van der Waals surface area contributed by atoms with E-state index in [0.29, 0.717) is 11.7 Å². The predicted octanol–water partition coefficient (Wildman–Crippen LogP) is 6.50. The first-order valence-electron chi connectivity index (χ1n) is 12.3. The minimum Gasteiger partial charge on any atom is -0.385 e.